The third kappa shape index (κ3) is 5.56. The zero-order valence-electron chi connectivity index (χ0n) is 18.8. The summed E-state index contributed by atoms with van der Waals surface area (Å²) in [6.07, 6.45) is 3.26. The van der Waals surface area contributed by atoms with E-state index in [0.717, 1.165) is 5.56 Å². The Balaban J connectivity index is 1.36. The van der Waals surface area contributed by atoms with Crippen LogP contribution in [0.3, 0.4) is 0 Å². The first-order chi connectivity index (χ1) is 16.4. The highest BCUT2D eigenvalue weighted by molar-refractivity contribution is 6.42. The molecule has 0 atom stereocenters. The zero-order chi connectivity index (χ0) is 24.1. The van der Waals surface area contributed by atoms with Gasteiger partial charge >= 0.3 is 0 Å². The number of hydrogen-bond donors (Lipinski definition) is 2. The maximum Gasteiger partial charge on any atom is 0.289 e. The Kier molecular flexibility index (Phi) is 7.80. The highest BCUT2D eigenvalue weighted by Gasteiger charge is 2.44. The molecular formula is C24H28Cl2N4O4. The summed E-state index contributed by atoms with van der Waals surface area (Å²) in [5.41, 5.74) is -0.0275. The second-order valence-corrected chi connectivity index (χ2v) is 9.50. The third-order valence-corrected chi connectivity index (χ3v) is 7.20. The van der Waals surface area contributed by atoms with Crippen LogP contribution >= 0.6 is 23.2 Å². The van der Waals surface area contributed by atoms with Gasteiger partial charge < -0.3 is 24.9 Å². The fraction of sp³-hybridized carbons (Fsp3) is 0.458. The molecule has 3 amide bonds. The number of nitrogens with zero attached hydrogens (tertiary/aromatic N) is 2. The van der Waals surface area contributed by atoms with E-state index in [0.29, 0.717) is 74.3 Å². The van der Waals surface area contributed by atoms with Crippen LogP contribution in [0.25, 0.3) is 0 Å². The summed E-state index contributed by atoms with van der Waals surface area (Å²) < 4.78 is 5.20. The normalized spacial score (nSPS) is 17.9. The van der Waals surface area contributed by atoms with Crippen molar-refractivity contribution in [3.05, 3.63) is 58.0 Å². The van der Waals surface area contributed by atoms with E-state index in [1.54, 1.807) is 34.1 Å². The number of rotatable bonds is 6. The van der Waals surface area contributed by atoms with Crippen molar-refractivity contribution < 1.29 is 18.8 Å². The maximum atomic E-state index is 13.6. The van der Waals surface area contributed by atoms with Gasteiger partial charge in [0.1, 0.15) is 5.54 Å². The first-order valence-corrected chi connectivity index (χ1v) is 12.2. The fourth-order valence-corrected chi connectivity index (χ4v) is 4.82. The fourth-order valence-electron chi connectivity index (χ4n) is 4.50. The summed E-state index contributed by atoms with van der Waals surface area (Å²) in [4.78, 5) is 42.5. The van der Waals surface area contributed by atoms with Crippen LogP contribution < -0.4 is 10.6 Å². The second kappa shape index (κ2) is 10.8. The van der Waals surface area contributed by atoms with Gasteiger partial charge in [-0.1, -0.05) is 29.3 Å². The van der Waals surface area contributed by atoms with Gasteiger partial charge in [-0.3, -0.25) is 14.4 Å². The average molecular weight is 507 g/mol. The smallest absolute Gasteiger partial charge is 0.289 e. The van der Waals surface area contributed by atoms with Crippen molar-refractivity contribution in [1.29, 1.82) is 0 Å². The van der Waals surface area contributed by atoms with Gasteiger partial charge in [0.15, 0.2) is 5.76 Å². The Hall–Kier alpha value is -2.55. The lowest BCUT2D eigenvalue weighted by atomic mass is 9.86. The highest BCUT2D eigenvalue weighted by Crippen LogP contribution is 2.25. The number of hydrogen-bond acceptors (Lipinski definition) is 5. The van der Waals surface area contributed by atoms with E-state index in [9.17, 15) is 14.4 Å². The summed E-state index contributed by atoms with van der Waals surface area (Å²) in [6.45, 7) is 2.97. The minimum Gasteiger partial charge on any atom is -0.459 e. The summed E-state index contributed by atoms with van der Waals surface area (Å²) >= 11 is 12.0. The predicted molar refractivity (Wildman–Crippen MR) is 129 cm³/mol. The lowest BCUT2D eigenvalue weighted by molar-refractivity contribution is -0.144. The molecule has 10 heteroatoms. The molecule has 0 aliphatic carbocycles. The van der Waals surface area contributed by atoms with Crippen LogP contribution in [0.4, 0.5) is 0 Å². The summed E-state index contributed by atoms with van der Waals surface area (Å²) in [6, 6.07) is 8.63. The minimum atomic E-state index is -0.937. The van der Waals surface area contributed by atoms with Gasteiger partial charge in [0.05, 0.1) is 16.3 Å². The third-order valence-electron chi connectivity index (χ3n) is 6.46. The summed E-state index contributed by atoms with van der Waals surface area (Å²) in [5, 5.41) is 7.25. The summed E-state index contributed by atoms with van der Waals surface area (Å²) in [5.74, 6) is -0.136. The molecule has 2 aromatic rings. The van der Waals surface area contributed by atoms with Gasteiger partial charge in [-0.05, 0) is 62.2 Å². The second-order valence-electron chi connectivity index (χ2n) is 8.69. The lowest BCUT2D eigenvalue weighted by Crippen LogP contribution is -2.65. The van der Waals surface area contributed by atoms with Crippen LogP contribution in [0.15, 0.2) is 41.0 Å². The van der Waals surface area contributed by atoms with Crippen LogP contribution in [0.1, 0.15) is 35.4 Å². The molecule has 2 aliphatic heterocycles. The number of furan rings is 1. The van der Waals surface area contributed by atoms with E-state index in [-0.39, 0.29) is 24.1 Å². The Morgan fingerprint density at radius 2 is 1.71 bits per heavy atom. The van der Waals surface area contributed by atoms with E-state index in [1.165, 1.54) is 6.26 Å². The monoisotopic (exact) mass is 506 g/mol. The van der Waals surface area contributed by atoms with Crippen LogP contribution in [0, 0.1) is 0 Å². The van der Waals surface area contributed by atoms with Crippen molar-refractivity contribution in [3.8, 4) is 0 Å². The van der Waals surface area contributed by atoms with E-state index in [4.69, 9.17) is 27.6 Å². The molecule has 4 rings (SSSR count). The molecule has 2 fully saturated rings. The van der Waals surface area contributed by atoms with Crippen LogP contribution in [-0.2, 0) is 16.0 Å². The number of halogens is 2. The van der Waals surface area contributed by atoms with E-state index in [1.807, 2.05) is 6.07 Å². The van der Waals surface area contributed by atoms with Gasteiger partial charge in [-0.25, -0.2) is 0 Å². The molecule has 182 valence electrons. The van der Waals surface area contributed by atoms with Crippen LogP contribution in [0.5, 0.6) is 0 Å². The molecule has 1 aromatic carbocycles. The van der Waals surface area contributed by atoms with Gasteiger partial charge in [0.25, 0.3) is 5.91 Å². The Morgan fingerprint density at radius 1 is 1.00 bits per heavy atom. The Labute approximate surface area is 208 Å². The number of aryl methyl sites for hydroxylation is 1. The first kappa shape index (κ1) is 24.6. The molecule has 8 nitrogen and oxygen atoms in total. The SMILES string of the molecule is O=C(CCc1ccc(Cl)c(Cl)c1)NC1(C(=O)N2CCN(C(=O)c3ccco3)CC2)CCNCC1. The Morgan fingerprint density at radius 3 is 2.35 bits per heavy atom. The maximum absolute atomic E-state index is 13.6. The minimum absolute atomic E-state index is 0.0815. The number of amides is 3. The molecule has 2 aliphatic rings. The van der Waals surface area contributed by atoms with Crippen molar-refractivity contribution in [3.63, 3.8) is 0 Å². The molecule has 0 bridgehead atoms. The molecule has 2 saturated heterocycles. The van der Waals surface area contributed by atoms with Gasteiger partial charge in [-0.2, -0.15) is 0 Å². The van der Waals surface area contributed by atoms with Crippen molar-refractivity contribution >= 4 is 40.9 Å². The Bertz CT molecular complexity index is 1030. The van der Waals surface area contributed by atoms with E-state index < -0.39 is 5.54 Å². The number of carbonyl (C=O) groups excluding carboxylic acids is 3. The van der Waals surface area contributed by atoms with Gasteiger partial charge in [-0.15, -0.1) is 0 Å². The first-order valence-electron chi connectivity index (χ1n) is 11.5. The number of benzene rings is 1. The van der Waals surface area contributed by atoms with Crippen molar-refractivity contribution in [2.45, 2.75) is 31.2 Å². The molecule has 0 saturated carbocycles. The molecule has 34 heavy (non-hydrogen) atoms. The largest absolute Gasteiger partial charge is 0.459 e. The number of nitrogens with one attached hydrogen (secondary N) is 2. The molecule has 2 N–H and O–H groups in total. The highest BCUT2D eigenvalue weighted by atomic mass is 35.5. The number of piperazine rings is 1. The van der Waals surface area contributed by atoms with Gasteiger partial charge in [0, 0.05) is 32.6 Å². The molecular weight excluding hydrogens is 479 g/mol. The molecule has 0 spiro atoms. The van der Waals surface area contributed by atoms with Crippen molar-refractivity contribution in [2.75, 3.05) is 39.3 Å². The summed E-state index contributed by atoms with van der Waals surface area (Å²) in [7, 11) is 0. The molecule has 1 aromatic heterocycles. The molecule has 3 heterocycles. The van der Waals surface area contributed by atoms with Gasteiger partial charge in [0.2, 0.25) is 11.8 Å². The molecule has 0 unspecified atom stereocenters. The van der Waals surface area contributed by atoms with Crippen molar-refractivity contribution in [1.82, 2.24) is 20.4 Å². The predicted octanol–water partition coefficient (Wildman–Crippen LogP) is 2.74. The number of carbonyl (C=O) groups is 3. The average Bonchev–Trinajstić information content (AvgIpc) is 3.40. The van der Waals surface area contributed by atoms with Crippen molar-refractivity contribution in [2.24, 2.45) is 0 Å². The topological polar surface area (TPSA) is 94.9 Å². The number of piperidine rings is 1. The van der Waals surface area contributed by atoms with E-state index >= 15 is 0 Å². The molecule has 0 radical (unpaired) electrons. The lowest BCUT2D eigenvalue weighted by Gasteiger charge is -2.43. The van der Waals surface area contributed by atoms with Crippen LogP contribution in [0.2, 0.25) is 10.0 Å². The standard InChI is InChI=1S/C24H28Cl2N4O4/c25-18-5-3-17(16-19(18)26)4-6-21(31)28-24(7-9-27-10-8-24)23(33)30-13-11-29(12-14-30)22(32)20-2-1-15-34-20/h1-3,5,15-16,27H,4,6-14H2,(H,28,31). The van der Waals surface area contributed by atoms with E-state index in [2.05, 4.69) is 10.6 Å². The quantitative estimate of drug-likeness (QED) is 0.627. The van der Waals surface area contributed by atoms with Crippen LogP contribution in [-0.4, -0.2) is 72.3 Å². The zero-order valence-corrected chi connectivity index (χ0v) is 20.3.